The Morgan fingerprint density at radius 2 is 1.71 bits per heavy atom. The summed E-state index contributed by atoms with van der Waals surface area (Å²) in [7, 11) is 3.39. The molecule has 0 spiro atoms. The molecule has 0 saturated carbocycles. The Morgan fingerprint density at radius 1 is 1.06 bits per heavy atom. The molecule has 7 nitrogen and oxygen atoms in total. The van der Waals surface area contributed by atoms with Crippen molar-refractivity contribution in [2.75, 3.05) is 27.2 Å². The molecule has 4 amide bonds. The SMILES string of the molecule is CN(Cc1ccccc1)C(=O)CN1CC2=C(C1=O)[C@@H](c1ccc(C(C)(C)C)cc1)NC(=O)N2C. The second-order valence-corrected chi connectivity index (χ2v) is 10.1. The Labute approximate surface area is 201 Å². The molecule has 1 N–H and O–H groups in total. The van der Waals surface area contributed by atoms with E-state index in [4.69, 9.17) is 0 Å². The fraction of sp³-hybridized carbons (Fsp3) is 0.370. The highest BCUT2D eigenvalue weighted by Crippen LogP contribution is 2.36. The van der Waals surface area contributed by atoms with Crippen LogP contribution in [0.4, 0.5) is 4.79 Å². The molecule has 1 atom stereocenters. The lowest BCUT2D eigenvalue weighted by molar-refractivity contribution is -0.137. The Balaban J connectivity index is 1.53. The molecule has 2 aromatic carbocycles. The third-order valence-corrected chi connectivity index (χ3v) is 6.56. The number of amides is 4. The van der Waals surface area contributed by atoms with Crippen molar-refractivity contribution in [1.29, 1.82) is 0 Å². The topological polar surface area (TPSA) is 73.0 Å². The van der Waals surface area contributed by atoms with Gasteiger partial charge in [0, 0.05) is 20.6 Å². The first-order valence-electron chi connectivity index (χ1n) is 11.5. The number of hydrogen-bond acceptors (Lipinski definition) is 3. The van der Waals surface area contributed by atoms with Crippen molar-refractivity contribution in [3.8, 4) is 0 Å². The summed E-state index contributed by atoms with van der Waals surface area (Å²) in [5.74, 6) is -0.363. The van der Waals surface area contributed by atoms with Crippen molar-refractivity contribution < 1.29 is 14.4 Å². The number of urea groups is 1. The number of rotatable bonds is 5. The molecule has 2 aliphatic rings. The van der Waals surface area contributed by atoms with Crippen molar-refractivity contribution in [1.82, 2.24) is 20.0 Å². The number of benzene rings is 2. The second-order valence-electron chi connectivity index (χ2n) is 10.1. The van der Waals surface area contributed by atoms with Crippen LogP contribution in [0.5, 0.6) is 0 Å². The zero-order valence-corrected chi connectivity index (χ0v) is 20.5. The van der Waals surface area contributed by atoms with Crippen LogP contribution < -0.4 is 5.32 Å². The van der Waals surface area contributed by atoms with E-state index in [-0.39, 0.29) is 36.3 Å². The molecule has 0 unspecified atom stereocenters. The molecule has 2 heterocycles. The molecule has 0 aromatic heterocycles. The van der Waals surface area contributed by atoms with E-state index >= 15 is 0 Å². The maximum absolute atomic E-state index is 13.4. The first-order valence-corrected chi connectivity index (χ1v) is 11.5. The first kappa shape index (κ1) is 23.5. The summed E-state index contributed by atoms with van der Waals surface area (Å²) >= 11 is 0. The lowest BCUT2D eigenvalue weighted by atomic mass is 9.85. The lowest BCUT2D eigenvalue weighted by Gasteiger charge is -2.31. The molecule has 0 bridgehead atoms. The third-order valence-electron chi connectivity index (χ3n) is 6.56. The zero-order chi connectivity index (χ0) is 24.6. The molecular formula is C27H32N4O3. The molecule has 34 heavy (non-hydrogen) atoms. The van der Waals surface area contributed by atoms with E-state index in [1.54, 1.807) is 19.0 Å². The monoisotopic (exact) mass is 460 g/mol. The van der Waals surface area contributed by atoms with Crippen LogP contribution in [0, 0.1) is 0 Å². The summed E-state index contributed by atoms with van der Waals surface area (Å²) in [5, 5.41) is 2.96. The van der Waals surface area contributed by atoms with Gasteiger partial charge in [-0.1, -0.05) is 75.4 Å². The largest absolute Gasteiger partial charge is 0.340 e. The van der Waals surface area contributed by atoms with Gasteiger partial charge in [-0.15, -0.1) is 0 Å². The van der Waals surface area contributed by atoms with Gasteiger partial charge in [0.25, 0.3) is 5.91 Å². The lowest BCUT2D eigenvalue weighted by Crippen LogP contribution is -2.45. The van der Waals surface area contributed by atoms with Gasteiger partial charge in [-0.3, -0.25) is 14.5 Å². The number of nitrogens with one attached hydrogen (secondary N) is 1. The van der Waals surface area contributed by atoms with E-state index in [2.05, 4.69) is 26.1 Å². The van der Waals surface area contributed by atoms with Gasteiger partial charge in [-0.05, 0) is 22.1 Å². The summed E-state index contributed by atoms with van der Waals surface area (Å²) in [5.41, 5.74) is 4.24. The standard InChI is InChI=1S/C27H32N4O3/c1-27(2,3)20-13-11-19(12-14-20)24-23-21(30(5)26(34)28-24)16-31(25(23)33)17-22(32)29(4)15-18-9-7-6-8-10-18/h6-14,24H,15-17H2,1-5H3,(H,28,34)/t24-/m1/s1. The van der Waals surface area contributed by atoms with Crippen LogP contribution in [0.2, 0.25) is 0 Å². The Bertz CT molecular complexity index is 1130. The van der Waals surface area contributed by atoms with Crippen molar-refractivity contribution >= 4 is 17.8 Å². The van der Waals surface area contributed by atoms with Gasteiger partial charge in [-0.25, -0.2) is 4.79 Å². The highest BCUT2D eigenvalue weighted by Gasteiger charge is 2.43. The maximum atomic E-state index is 13.4. The fourth-order valence-electron chi connectivity index (χ4n) is 4.41. The number of carbonyl (C=O) groups is 3. The van der Waals surface area contributed by atoms with Gasteiger partial charge in [0.05, 0.1) is 23.9 Å². The normalized spacial score (nSPS) is 18.2. The van der Waals surface area contributed by atoms with E-state index in [1.807, 2.05) is 54.6 Å². The molecule has 2 aliphatic heterocycles. The van der Waals surface area contributed by atoms with Gasteiger partial charge in [-0.2, -0.15) is 0 Å². The number of carbonyl (C=O) groups excluding carboxylic acids is 3. The van der Waals surface area contributed by atoms with Crippen LogP contribution in [0.1, 0.15) is 43.5 Å². The molecule has 0 aliphatic carbocycles. The fourth-order valence-corrected chi connectivity index (χ4v) is 4.41. The molecule has 4 rings (SSSR count). The first-order chi connectivity index (χ1) is 16.1. The van der Waals surface area contributed by atoms with Crippen LogP contribution in [0.15, 0.2) is 65.9 Å². The highest BCUT2D eigenvalue weighted by atomic mass is 16.2. The van der Waals surface area contributed by atoms with E-state index in [9.17, 15) is 14.4 Å². The molecule has 0 saturated heterocycles. The van der Waals surface area contributed by atoms with Crippen LogP contribution in [-0.4, -0.2) is 59.7 Å². The molecule has 2 aromatic rings. The highest BCUT2D eigenvalue weighted by molar-refractivity contribution is 6.02. The van der Waals surface area contributed by atoms with Gasteiger partial charge in [0.2, 0.25) is 5.91 Å². The van der Waals surface area contributed by atoms with Gasteiger partial charge < -0.3 is 15.1 Å². The quantitative estimate of drug-likeness (QED) is 0.743. The average Bonchev–Trinajstić information content (AvgIpc) is 3.12. The molecule has 0 fully saturated rings. The number of likely N-dealkylation sites (N-methyl/N-ethyl adjacent to an activating group) is 2. The number of nitrogens with zero attached hydrogens (tertiary/aromatic N) is 3. The van der Waals surface area contributed by atoms with Crippen molar-refractivity contribution in [2.24, 2.45) is 0 Å². The van der Waals surface area contributed by atoms with Crippen LogP contribution >= 0.6 is 0 Å². The van der Waals surface area contributed by atoms with E-state index in [0.717, 1.165) is 11.1 Å². The summed E-state index contributed by atoms with van der Waals surface area (Å²) in [6, 6.07) is 17.0. The van der Waals surface area contributed by atoms with Crippen LogP contribution in [0.3, 0.4) is 0 Å². The van der Waals surface area contributed by atoms with Crippen LogP contribution in [0.25, 0.3) is 0 Å². The van der Waals surface area contributed by atoms with Crippen molar-refractivity contribution in [3.63, 3.8) is 0 Å². The second kappa shape index (κ2) is 8.97. The third kappa shape index (κ3) is 4.55. The predicted molar refractivity (Wildman–Crippen MR) is 131 cm³/mol. The Kier molecular flexibility index (Phi) is 6.21. The molecule has 178 valence electrons. The summed E-state index contributed by atoms with van der Waals surface area (Å²) in [6.45, 7) is 7.10. The molecule has 0 radical (unpaired) electrons. The summed E-state index contributed by atoms with van der Waals surface area (Å²) in [4.78, 5) is 43.6. The summed E-state index contributed by atoms with van der Waals surface area (Å²) in [6.07, 6.45) is 0. The summed E-state index contributed by atoms with van der Waals surface area (Å²) < 4.78 is 0. The van der Waals surface area contributed by atoms with Crippen molar-refractivity contribution in [2.45, 2.75) is 38.8 Å². The van der Waals surface area contributed by atoms with Gasteiger partial charge in [0.1, 0.15) is 6.54 Å². The minimum absolute atomic E-state index is 0.00506. The van der Waals surface area contributed by atoms with Gasteiger partial charge >= 0.3 is 6.03 Å². The maximum Gasteiger partial charge on any atom is 0.322 e. The van der Waals surface area contributed by atoms with E-state index < -0.39 is 6.04 Å². The Hall–Kier alpha value is -3.61. The smallest absolute Gasteiger partial charge is 0.322 e. The molecule has 7 heteroatoms. The van der Waals surface area contributed by atoms with E-state index in [0.29, 0.717) is 17.8 Å². The predicted octanol–water partition coefficient (Wildman–Crippen LogP) is 3.44. The van der Waals surface area contributed by atoms with Crippen molar-refractivity contribution in [3.05, 3.63) is 82.6 Å². The minimum Gasteiger partial charge on any atom is -0.340 e. The van der Waals surface area contributed by atoms with Crippen LogP contribution in [-0.2, 0) is 21.5 Å². The zero-order valence-electron chi connectivity index (χ0n) is 20.5. The molecular weight excluding hydrogens is 428 g/mol. The Morgan fingerprint density at radius 3 is 2.32 bits per heavy atom. The van der Waals surface area contributed by atoms with Gasteiger partial charge in [0.15, 0.2) is 0 Å². The average molecular weight is 461 g/mol. The minimum atomic E-state index is -0.539. The number of hydrogen-bond donors (Lipinski definition) is 1. The van der Waals surface area contributed by atoms with E-state index in [1.165, 1.54) is 15.4 Å².